The second-order valence-corrected chi connectivity index (χ2v) is 2.04. The van der Waals surface area contributed by atoms with Crippen LogP contribution in [0, 0.1) is 6.20 Å². The van der Waals surface area contributed by atoms with Gasteiger partial charge in [-0.2, -0.15) is 9.61 Å². The van der Waals surface area contributed by atoms with Gasteiger partial charge in [0.05, 0.1) is 5.69 Å². The largest absolute Gasteiger partial charge is 0.385 e. The summed E-state index contributed by atoms with van der Waals surface area (Å²) in [5.41, 5.74) is 1.59. The molecule has 0 aromatic carbocycles. The Morgan fingerprint density at radius 1 is 1.64 bits per heavy atom. The smallest absolute Gasteiger partial charge is 0.200 e. The number of aromatic nitrogens is 4. The monoisotopic (exact) mass is 148 g/mol. The quantitative estimate of drug-likeness (QED) is 0.616. The Kier molecular flexibility index (Phi) is 1.21. The third kappa shape index (κ3) is 0.813. The van der Waals surface area contributed by atoms with E-state index in [1.165, 1.54) is 6.33 Å². The fourth-order valence-corrected chi connectivity index (χ4v) is 0.885. The molecule has 1 radical (unpaired) electrons. The highest BCUT2D eigenvalue weighted by Gasteiger charge is 1.99. The van der Waals surface area contributed by atoms with Crippen molar-refractivity contribution in [2.75, 3.05) is 12.4 Å². The summed E-state index contributed by atoms with van der Waals surface area (Å²) in [4.78, 5) is 0. The van der Waals surface area contributed by atoms with Gasteiger partial charge in [0.2, 0.25) is 5.65 Å². The van der Waals surface area contributed by atoms with Gasteiger partial charge in [-0.3, -0.25) is 0 Å². The first-order valence-electron chi connectivity index (χ1n) is 3.16. The van der Waals surface area contributed by atoms with Gasteiger partial charge in [-0.15, -0.1) is 10.2 Å². The van der Waals surface area contributed by atoms with E-state index in [-0.39, 0.29) is 0 Å². The maximum Gasteiger partial charge on any atom is 0.200 e. The van der Waals surface area contributed by atoms with Gasteiger partial charge in [0.15, 0.2) is 0 Å². The average Bonchev–Trinajstić information content (AvgIpc) is 2.50. The molecule has 5 heteroatoms. The first-order valence-corrected chi connectivity index (χ1v) is 3.16. The minimum absolute atomic E-state index is 0.714. The summed E-state index contributed by atoms with van der Waals surface area (Å²) in [5, 5.41) is 14.4. The van der Waals surface area contributed by atoms with Gasteiger partial charge in [-0.1, -0.05) is 0 Å². The van der Waals surface area contributed by atoms with E-state index in [1.54, 1.807) is 10.6 Å². The highest BCUT2D eigenvalue weighted by Crippen LogP contribution is 2.09. The Labute approximate surface area is 63.1 Å². The third-order valence-electron chi connectivity index (χ3n) is 1.42. The molecule has 0 spiro atoms. The standard InChI is InChI=1S/C6H6N5/c1-7-5-2-3-9-11-4-8-10-6(5)11/h2,4,7H,1H3. The summed E-state index contributed by atoms with van der Waals surface area (Å²) in [6, 6.07) is 1.73. The van der Waals surface area contributed by atoms with E-state index in [0.29, 0.717) is 5.65 Å². The van der Waals surface area contributed by atoms with Crippen LogP contribution in [0.25, 0.3) is 5.65 Å². The van der Waals surface area contributed by atoms with Crippen molar-refractivity contribution in [2.24, 2.45) is 0 Å². The molecule has 11 heavy (non-hydrogen) atoms. The molecule has 2 aromatic rings. The molecule has 0 aliphatic rings. The van der Waals surface area contributed by atoms with Crippen LogP contribution in [0.4, 0.5) is 5.69 Å². The van der Waals surface area contributed by atoms with Gasteiger partial charge in [-0.05, 0) is 6.07 Å². The van der Waals surface area contributed by atoms with E-state index >= 15 is 0 Å². The summed E-state index contributed by atoms with van der Waals surface area (Å²) in [6.45, 7) is 0. The topological polar surface area (TPSA) is 55.1 Å². The number of nitrogens with one attached hydrogen (secondary N) is 1. The van der Waals surface area contributed by atoms with Gasteiger partial charge < -0.3 is 5.32 Å². The number of rotatable bonds is 1. The Morgan fingerprint density at radius 2 is 2.55 bits per heavy atom. The van der Waals surface area contributed by atoms with Gasteiger partial charge in [-0.25, -0.2) is 0 Å². The fraction of sp³-hybridized carbons (Fsp3) is 0.167. The van der Waals surface area contributed by atoms with Crippen molar-refractivity contribution in [1.29, 1.82) is 0 Å². The van der Waals surface area contributed by atoms with E-state index in [0.717, 1.165) is 5.69 Å². The van der Waals surface area contributed by atoms with Crippen LogP contribution in [0.1, 0.15) is 0 Å². The minimum atomic E-state index is 0.714. The van der Waals surface area contributed by atoms with Gasteiger partial charge in [0.25, 0.3) is 0 Å². The summed E-state index contributed by atoms with van der Waals surface area (Å²) in [7, 11) is 1.82. The molecular weight excluding hydrogens is 142 g/mol. The third-order valence-corrected chi connectivity index (χ3v) is 1.42. The van der Waals surface area contributed by atoms with Crippen LogP contribution in [0.5, 0.6) is 0 Å². The van der Waals surface area contributed by atoms with Crippen molar-refractivity contribution in [3.8, 4) is 0 Å². The molecule has 2 aromatic heterocycles. The number of hydrogen-bond acceptors (Lipinski definition) is 4. The van der Waals surface area contributed by atoms with Crippen LogP contribution in [-0.2, 0) is 0 Å². The molecule has 0 fully saturated rings. The van der Waals surface area contributed by atoms with Gasteiger partial charge in [0, 0.05) is 7.05 Å². The second kappa shape index (κ2) is 2.19. The van der Waals surface area contributed by atoms with Crippen LogP contribution < -0.4 is 5.32 Å². The molecule has 0 unspecified atom stereocenters. The van der Waals surface area contributed by atoms with Gasteiger partial charge in [0.1, 0.15) is 12.5 Å². The molecule has 55 valence electrons. The molecule has 0 aliphatic heterocycles. The molecule has 2 heterocycles. The lowest BCUT2D eigenvalue weighted by molar-refractivity contribution is 0.921. The predicted octanol–water partition coefficient (Wildman–Crippen LogP) is -0.0338. The lowest BCUT2D eigenvalue weighted by atomic mass is 10.4. The van der Waals surface area contributed by atoms with E-state index in [2.05, 4.69) is 26.8 Å². The summed E-state index contributed by atoms with van der Waals surface area (Å²) >= 11 is 0. The zero-order valence-corrected chi connectivity index (χ0v) is 5.94. The van der Waals surface area contributed by atoms with Crippen molar-refractivity contribution in [3.63, 3.8) is 0 Å². The first kappa shape index (κ1) is 6.09. The number of hydrogen-bond donors (Lipinski definition) is 1. The lowest BCUT2D eigenvalue weighted by Crippen LogP contribution is -1.95. The molecule has 0 atom stereocenters. The molecule has 0 saturated heterocycles. The molecule has 1 N–H and O–H groups in total. The number of anilines is 1. The molecule has 0 saturated carbocycles. The van der Waals surface area contributed by atoms with E-state index in [9.17, 15) is 0 Å². The molecule has 5 nitrogen and oxygen atoms in total. The van der Waals surface area contributed by atoms with Crippen LogP contribution in [0.2, 0.25) is 0 Å². The van der Waals surface area contributed by atoms with E-state index < -0.39 is 0 Å². The molecule has 0 bridgehead atoms. The van der Waals surface area contributed by atoms with Crippen molar-refractivity contribution < 1.29 is 0 Å². The Morgan fingerprint density at radius 3 is 3.36 bits per heavy atom. The van der Waals surface area contributed by atoms with Crippen LogP contribution in [0.15, 0.2) is 12.4 Å². The van der Waals surface area contributed by atoms with Crippen molar-refractivity contribution in [2.45, 2.75) is 0 Å². The normalized spacial score (nSPS) is 10.3. The summed E-state index contributed by atoms with van der Waals surface area (Å²) in [6.07, 6.45) is 4.25. The zero-order valence-electron chi connectivity index (χ0n) is 5.94. The van der Waals surface area contributed by atoms with Crippen LogP contribution in [-0.4, -0.2) is 26.9 Å². The highest BCUT2D eigenvalue weighted by atomic mass is 15.3. The highest BCUT2D eigenvalue weighted by molar-refractivity contribution is 5.64. The van der Waals surface area contributed by atoms with Crippen molar-refractivity contribution in [3.05, 3.63) is 18.6 Å². The average molecular weight is 148 g/mol. The van der Waals surface area contributed by atoms with Crippen molar-refractivity contribution >= 4 is 11.3 Å². The lowest BCUT2D eigenvalue weighted by Gasteiger charge is -1.97. The Balaban J connectivity index is 2.79. The van der Waals surface area contributed by atoms with Gasteiger partial charge >= 0.3 is 0 Å². The van der Waals surface area contributed by atoms with E-state index in [4.69, 9.17) is 0 Å². The zero-order chi connectivity index (χ0) is 7.68. The van der Waals surface area contributed by atoms with Crippen LogP contribution in [0.3, 0.4) is 0 Å². The molecule has 0 amide bonds. The molecule has 2 rings (SSSR count). The number of nitrogens with zero attached hydrogens (tertiary/aromatic N) is 4. The maximum atomic E-state index is 3.88. The molecule has 0 aliphatic carbocycles. The minimum Gasteiger partial charge on any atom is -0.385 e. The Hall–Kier alpha value is -1.65. The van der Waals surface area contributed by atoms with E-state index in [1.807, 2.05) is 7.05 Å². The fourth-order valence-electron chi connectivity index (χ4n) is 0.885. The Bertz CT molecular complexity index is 366. The maximum absolute atomic E-state index is 3.88. The SMILES string of the molecule is CNc1c[c]nn2cnnc12. The summed E-state index contributed by atoms with van der Waals surface area (Å²) < 4.78 is 1.56. The van der Waals surface area contributed by atoms with Crippen LogP contribution >= 0.6 is 0 Å². The predicted molar refractivity (Wildman–Crippen MR) is 39.2 cm³/mol. The molecular formula is C6H6N5. The second-order valence-electron chi connectivity index (χ2n) is 2.04. The van der Waals surface area contributed by atoms with Crippen molar-refractivity contribution in [1.82, 2.24) is 19.8 Å². The summed E-state index contributed by atoms with van der Waals surface area (Å²) in [5.74, 6) is 0. The number of fused-ring (bicyclic) bond motifs is 1. The first-order chi connectivity index (χ1) is 5.42.